The first-order valence-corrected chi connectivity index (χ1v) is 5.11. The number of halogens is 3. The van der Waals surface area contributed by atoms with Gasteiger partial charge in [0.1, 0.15) is 0 Å². The van der Waals surface area contributed by atoms with Gasteiger partial charge in [-0.05, 0) is 18.9 Å². The monoisotopic (exact) mass is 236 g/mol. The Balaban J connectivity index is 2.65. The van der Waals surface area contributed by atoms with Crippen LogP contribution in [0.1, 0.15) is 37.3 Å². The van der Waals surface area contributed by atoms with Crippen molar-refractivity contribution in [3.63, 3.8) is 0 Å². The highest BCUT2D eigenvalue weighted by atomic mass is 19.4. The van der Waals surface area contributed by atoms with E-state index in [1.165, 1.54) is 4.68 Å². The molecule has 1 aromatic heterocycles. The van der Waals surface area contributed by atoms with Crippen LogP contribution in [-0.4, -0.2) is 21.1 Å². The highest BCUT2D eigenvalue weighted by molar-refractivity contribution is 5.12. The van der Waals surface area contributed by atoms with E-state index in [0.717, 1.165) is 5.69 Å². The third-order valence-corrected chi connectivity index (χ3v) is 2.37. The van der Waals surface area contributed by atoms with Crippen LogP contribution >= 0.6 is 0 Å². The van der Waals surface area contributed by atoms with Crippen molar-refractivity contribution < 1.29 is 18.3 Å². The molecule has 1 heterocycles. The van der Waals surface area contributed by atoms with Crippen molar-refractivity contribution >= 4 is 0 Å². The number of hydrogen-bond donors (Lipinski definition) is 1. The number of aliphatic hydroxyl groups excluding tert-OH is 1. The van der Waals surface area contributed by atoms with Crippen molar-refractivity contribution in [1.82, 2.24) is 9.78 Å². The van der Waals surface area contributed by atoms with Crippen LogP contribution < -0.4 is 0 Å². The molecule has 16 heavy (non-hydrogen) atoms. The van der Waals surface area contributed by atoms with Crippen molar-refractivity contribution in [1.29, 1.82) is 0 Å². The van der Waals surface area contributed by atoms with Crippen LogP contribution in [0.3, 0.4) is 0 Å². The molecule has 0 saturated heterocycles. The maximum Gasteiger partial charge on any atom is 0.389 e. The van der Waals surface area contributed by atoms with E-state index in [-0.39, 0.29) is 6.42 Å². The molecule has 1 aromatic rings. The fourth-order valence-electron chi connectivity index (χ4n) is 1.48. The van der Waals surface area contributed by atoms with E-state index >= 15 is 0 Å². The zero-order chi connectivity index (χ0) is 12.3. The average Bonchev–Trinajstić information content (AvgIpc) is 2.55. The molecule has 0 aliphatic rings. The van der Waals surface area contributed by atoms with Gasteiger partial charge in [0, 0.05) is 13.5 Å². The minimum absolute atomic E-state index is 0.327. The number of aryl methyl sites for hydroxylation is 2. The molecule has 6 heteroatoms. The summed E-state index contributed by atoms with van der Waals surface area (Å²) in [6, 6.07) is 1.64. The first-order chi connectivity index (χ1) is 7.33. The summed E-state index contributed by atoms with van der Waals surface area (Å²) in [5.41, 5.74) is 1.20. The summed E-state index contributed by atoms with van der Waals surface area (Å²) in [5.74, 6) is 0. The average molecular weight is 236 g/mol. The van der Waals surface area contributed by atoms with Crippen LogP contribution in [0, 0.1) is 0 Å². The van der Waals surface area contributed by atoms with E-state index in [1.807, 2.05) is 6.92 Å². The third kappa shape index (κ3) is 3.52. The maximum atomic E-state index is 12.0. The molecular weight excluding hydrogens is 221 g/mol. The minimum Gasteiger partial charge on any atom is -0.387 e. The van der Waals surface area contributed by atoms with E-state index in [2.05, 4.69) is 5.10 Å². The molecule has 92 valence electrons. The quantitative estimate of drug-likeness (QED) is 0.871. The van der Waals surface area contributed by atoms with E-state index in [4.69, 9.17) is 0 Å². The standard InChI is InChI=1S/C10H15F3N2O/c1-3-7-6-8(15(2)14-7)9(16)4-5-10(11,12)13/h6,9,16H,3-5H2,1-2H3. The number of hydrogen-bond acceptors (Lipinski definition) is 2. The lowest BCUT2D eigenvalue weighted by Crippen LogP contribution is -2.12. The lowest BCUT2D eigenvalue weighted by molar-refractivity contribution is -0.140. The first-order valence-electron chi connectivity index (χ1n) is 5.11. The van der Waals surface area contributed by atoms with E-state index in [1.54, 1.807) is 13.1 Å². The largest absolute Gasteiger partial charge is 0.389 e. The summed E-state index contributed by atoms with van der Waals surface area (Å²) in [4.78, 5) is 0. The molecule has 0 radical (unpaired) electrons. The molecule has 1 unspecified atom stereocenters. The van der Waals surface area contributed by atoms with E-state index in [9.17, 15) is 18.3 Å². The highest BCUT2D eigenvalue weighted by Gasteiger charge is 2.28. The van der Waals surface area contributed by atoms with Gasteiger partial charge in [-0.1, -0.05) is 6.92 Å². The summed E-state index contributed by atoms with van der Waals surface area (Å²) < 4.78 is 37.3. The number of aliphatic hydroxyl groups is 1. The summed E-state index contributed by atoms with van der Waals surface area (Å²) in [6.07, 6.45) is -5.96. The van der Waals surface area contributed by atoms with Gasteiger partial charge < -0.3 is 5.11 Å². The van der Waals surface area contributed by atoms with Crippen LogP contribution in [0.25, 0.3) is 0 Å². The van der Waals surface area contributed by atoms with E-state index in [0.29, 0.717) is 12.1 Å². The van der Waals surface area contributed by atoms with Gasteiger partial charge in [0.05, 0.1) is 17.5 Å². The normalized spacial score (nSPS) is 14.1. The molecule has 0 aliphatic carbocycles. The molecule has 0 bridgehead atoms. The zero-order valence-corrected chi connectivity index (χ0v) is 9.25. The molecule has 0 saturated carbocycles. The second kappa shape index (κ2) is 4.86. The molecule has 0 spiro atoms. The van der Waals surface area contributed by atoms with Gasteiger partial charge in [-0.2, -0.15) is 18.3 Å². The van der Waals surface area contributed by atoms with Crippen molar-refractivity contribution in [2.45, 2.75) is 38.5 Å². The Bertz CT molecular complexity index is 346. The Morgan fingerprint density at radius 2 is 2.12 bits per heavy atom. The predicted octanol–water partition coefficient (Wildman–Crippen LogP) is 2.36. The highest BCUT2D eigenvalue weighted by Crippen LogP contribution is 2.27. The van der Waals surface area contributed by atoms with Crippen LogP contribution in [0.15, 0.2) is 6.07 Å². The van der Waals surface area contributed by atoms with Gasteiger partial charge in [0.2, 0.25) is 0 Å². The fraction of sp³-hybridized carbons (Fsp3) is 0.700. The molecule has 1 atom stereocenters. The van der Waals surface area contributed by atoms with Crippen LogP contribution in [0.2, 0.25) is 0 Å². The minimum atomic E-state index is -4.23. The second-order valence-electron chi connectivity index (χ2n) is 3.71. The maximum absolute atomic E-state index is 12.0. The van der Waals surface area contributed by atoms with Crippen LogP contribution in [0.4, 0.5) is 13.2 Å². The fourth-order valence-corrected chi connectivity index (χ4v) is 1.48. The Hall–Kier alpha value is -1.04. The molecule has 0 amide bonds. The topological polar surface area (TPSA) is 38.0 Å². The molecule has 1 rings (SSSR count). The Morgan fingerprint density at radius 1 is 1.50 bits per heavy atom. The van der Waals surface area contributed by atoms with Gasteiger partial charge in [-0.3, -0.25) is 4.68 Å². The summed E-state index contributed by atoms with van der Waals surface area (Å²) in [6.45, 7) is 1.90. The molecular formula is C10H15F3N2O. The lowest BCUT2D eigenvalue weighted by Gasteiger charge is -2.12. The van der Waals surface area contributed by atoms with Crippen LogP contribution in [0.5, 0.6) is 0 Å². The second-order valence-corrected chi connectivity index (χ2v) is 3.71. The number of aromatic nitrogens is 2. The Labute approximate surface area is 91.9 Å². The van der Waals surface area contributed by atoms with Gasteiger partial charge in [0.15, 0.2) is 0 Å². The zero-order valence-electron chi connectivity index (χ0n) is 9.25. The Morgan fingerprint density at radius 3 is 2.56 bits per heavy atom. The summed E-state index contributed by atoms with van der Waals surface area (Å²) in [5, 5.41) is 13.7. The molecule has 0 aromatic carbocycles. The van der Waals surface area contributed by atoms with Crippen molar-refractivity contribution in [2.24, 2.45) is 7.05 Å². The molecule has 0 aliphatic heterocycles. The van der Waals surface area contributed by atoms with Gasteiger partial charge in [-0.15, -0.1) is 0 Å². The van der Waals surface area contributed by atoms with Gasteiger partial charge in [-0.25, -0.2) is 0 Å². The smallest absolute Gasteiger partial charge is 0.387 e. The van der Waals surface area contributed by atoms with Crippen LogP contribution in [-0.2, 0) is 13.5 Å². The van der Waals surface area contributed by atoms with Crippen molar-refractivity contribution in [2.75, 3.05) is 0 Å². The molecule has 1 N–H and O–H groups in total. The number of rotatable bonds is 4. The van der Waals surface area contributed by atoms with Gasteiger partial charge >= 0.3 is 6.18 Å². The Kier molecular flexibility index (Phi) is 3.96. The van der Waals surface area contributed by atoms with E-state index < -0.39 is 18.7 Å². The van der Waals surface area contributed by atoms with Crippen molar-refractivity contribution in [3.8, 4) is 0 Å². The first kappa shape index (κ1) is 13.0. The summed E-state index contributed by atoms with van der Waals surface area (Å²) >= 11 is 0. The number of nitrogens with zero attached hydrogens (tertiary/aromatic N) is 2. The third-order valence-electron chi connectivity index (χ3n) is 2.37. The summed E-state index contributed by atoms with van der Waals surface area (Å²) in [7, 11) is 1.62. The number of alkyl halides is 3. The molecule has 3 nitrogen and oxygen atoms in total. The predicted molar refractivity (Wildman–Crippen MR) is 52.8 cm³/mol. The van der Waals surface area contributed by atoms with Crippen molar-refractivity contribution in [3.05, 3.63) is 17.5 Å². The SMILES string of the molecule is CCc1cc(C(O)CCC(F)(F)F)n(C)n1. The lowest BCUT2D eigenvalue weighted by atomic mass is 10.1. The van der Waals surface area contributed by atoms with Gasteiger partial charge in [0.25, 0.3) is 0 Å². The molecule has 0 fully saturated rings.